The molecule has 0 spiro atoms. The lowest BCUT2D eigenvalue weighted by atomic mass is 9.71. The molecule has 0 radical (unpaired) electrons. The van der Waals surface area contributed by atoms with Crippen molar-refractivity contribution in [3.63, 3.8) is 0 Å². The first-order chi connectivity index (χ1) is 12.3. The first-order valence-corrected chi connectivity index (χ1v) is 11.0. The van der Waals surface area contributed by atoms with Gasteiger partial charge in [-0.1, -0.05) is 57.2 Å². The zero-order valence-corrected chi connectivity index (χ0v) is 16.7. The third-order valence-electron chi connectivity index (χ3n) is 5.41. The van der Waals surface area contributed by atoms with E-state index in [9.17, 15) is 8.96 Å². The predicted molar refractivity (Wildman–Crippen MR) is 106 cm³/mol. The largest absolute Gasteiger partial charge is 0.316 e. The van der Waals surface area contributed by atoms with Crippen molar-refractivity contribution in [2.45, 2.75) is 52.3 Å². The average molecular weight is 374 g/mol. The van der Waals surface area contributed by atoms with Crippen LogP contribution in [0.2, 0.25) is 0 Å². The predicted octanol–water partition coefficient (Wildman–Crippen LogP) is 5.49. The molecular formula is C22H28FO2P. The summed E-state index contributed by atoms with van der Waals surface area (Å²) in [5.74, 6) is 0.324. The molecule has 4 heteroatoms. The molecule has 0 unspecified atom stereocenters. The van der Waals surface area contributed by atoms with Gasteiger partial charge in [-0.15, -0.1) is 0 Å². The molecule has 140 valence electrons. The van der Waals surface area contributed by atoms with Crippen molar-refractivity contribution in [3.05, 3.63) is 60.7 Å². The molecule has 0 aliphatic heterocycles. The Labute approximate surface area is 156 Å². The highest BCUT2D eigenvalue weighted by atomic mass is 31.2. The van der Waals surface area contributed by atoms with Gasteiger partial charge in [-0.3, -0.25) is 4.57 Å². The van der Waals surface area contributed by atoms with E-state index in [1.54, 1.807) is 0 Å². The molecule has 0 aromatic heterocycles. The lowest BCUT2D eigenvalue weighted by molar-refractivity contribution is 0.0183. The van der Waals surface area contributed by atoms with Gasteiger partial charge in [0.2, 0.25) is 0 Å². The van der Waals surface area contributed by atoms with Crippen molar-refractivity contribution in [2.24, 2.45) is 11.3 Å². The van der Waals surface area contributed by atoms with E-state index in [0.29, 0.717) is 29.4 Å². The highest BCUT2D eigenvalue weighted by Gasteiger charge is 2.41. The molecule has 0 N–H and O–H groups in total. The van der Waals surface area contributed by atoms with E-state index in [0.717, 1.165) is 6.42 Å². The van der Waals surface area contributed by atoms with Gasteiger partial charge in [-0.25, -0.2) is 4.39 Å². The van der Waals surface area contributed by atoms with E-state index in [-0.39, 0.29) is 5.41 Å². The zero-order valence-electron chi connectivity index (χ0n) is 15.8. The van der Waals surface area contributed by atoms with Gasteiger partial charge in [0, 0.05) is 10.6 Å². The number of alkyl halides is 1. The molecule has 2 nitrogen and oxygen atoms in total. The van der Waals surface area contributed by atoms with Crippen molar-refractivity contribution in [2.75, 3.05) is 0 Å². The molecule has 2 aromatic rings. The highest BCUT2D eigenvalue weighted by Crippen LogP contribution is 2.50. The maximum absolute atomic E-state index is 14.9. The summed E-state index contributed by atoms with van der Waals surface area (Å²) in [6, 6.07) is 18.4. The van der Waals surface area contributed by atoms with E-state index < -0.39 is 19.6 Å². The van der Waals surface area contributed by atoms with Crippen LogP contribution in [0, 0.1) is 11.3 Å². The Balaban J connectivity index is 1.87. The molecule has 1 aliphatic carbocycles. The standard InChI is InChI=1S/C22H28FO2P/c1-22(2,3)17-14-15-21(20(23)16-17)25-26(24,18-10-6-4-7-11-18)19-12-8-5-9-13-19/h4-13,17,20-21H,14-16H2,1-3H3/t17-,20+,21+/m0/s1. The number of halogens is 1. The molecule has 26 heavy (non-hydrogen) atoms. The topological polar surface area (TPSA) is 26.3 Å². The second-order valence-electron chi connectivity index (χ2n) is 8.26. The van der Waals surface area contributed by atoms with Crippen LogP contribution in [-0.4, -0.2) is 12.3 Å². The fraction of sp³-hybridized carbons (Fsp3) is 0.455. The average Bonchev–Trinajstić information content (AvgIpc) is 2.64. The Kier molecular flexibility index (Phi) is 5.69. The second-order valence-corrected chi connectivity index (χ2v) is 10.6. The molecule has 1 fully saturated rings. The molecule has 3 rings (SSSR count). The Morgan fingerprint density at radius 2 is 1.42 bits per heavy atom. The van der Waals surface area contributed by atoms with Gasteiger partial charge in [-0.05, 0) is 54.9 Å². The van der Waals surface area contributed by atoms with Crippen molar-refractivity contribution in [1.29, 1.82) is 0 Å². The van der Waals surface area contributed by atoms with Crippen LogP contribution >= 0.6 is 7.37 Å². The van der Waals surface area contributed by atoms with Gasteiger partial charge in [0.1, 0.15) is 6.17 Å². The van der Waals surface area contributed by atoms with Gasteiger partial charge in [0.25, 0.3) is 7.37 Å². The molecular weight excluding hydrogens is 346 g/mol. The quantitative estimate of drug-likeness (QED) is 0.662. The third-order valence-corrected chi connectivity index (χ3v) is 7.94. The summed E-state index contributed by atoms with van der Waals surface area (Å²) in [6.07, 6.45) is 0.261. The minimum Gasteiger partial charge on any atom is -0.316 e. The van der Waals surface area contributed by atoms with Crippen LogP contribution in [0.5, 0.6) is 0 Å². The summed E-state index contributed by atoms with van der Waals surface area (Å²) in [6.45, 7) is 6.47. The summed E-state index contributed by atoms with van der Waals surface area (Å²) in [5.41, 5.74) is 0.0812. The molecule has 3 atom stereocenters. The normalized spacial score (nSPS) is 24.4. The first-order valence-electron chi connectivity index (χ1n) is 9.34. The van der Waals surface area contributed by atoms with Crippen LogP contribution in [-0.2, 0) is 9.09 Å². The Hall–Kier alpha value is -1.44. The van der Waals surface area contributed by atoms with Gasteiger partial charge in [0.15, 0.2) is 0 Å². The van der Waals surface area contributed by atoms with E-state index in [4.69, 9.17) is 4.52 Å². The summed E-state index contributed by atoms with van der Waals surface area (Å²) >= 11 is 0. The second kappa shape index (κ2) is 7.66. The molecule has 1 aliphatic rings. The summed E-state index contributed by atoms with van der Waals surface area (Å²) in [7, 11) is -3.33. The Bertz CT molecular complexity index is 711. The number of benzene rings is 2. The zero-order chi connectivity index (χ0) is 18.8. The van der Waals surface area contributed by atoms with Crippen molar-refractivity contribution in [3.8, 4) is 0 Å². The van der Waals surface area contributed by atoms with E-state index in [1.165, 1.54) is 0 Å². The Morgan fingerprint density at radius 1 is 0.923 bits per heavy atom. The van der Waals surface area contributed by atoms with Crippen LogP contribution < -0.4 is 10.6 Å². The van der Waals surface area contributed by atoms with Crippen molar-refractivity contribution in [1.82, 2.24) is 0 Å². The lowest BCUT2D eigenvalue weighted by Gasteiger charge is -2.39. The molecule has 0 saturated heterocycles. The van der Waals surface area contributed by atoms with Crippen LogP contribution in [0.3, 0.4) is 0 Å². The van der Waals surface area contributed by atoms with Gasteiger partial charge < -0.3 is 4.52 Å². The maximum atomic E-state index is 14.9. The fourth-order valence-corrected chi connectivity index (χ4v) is 5.99. The van der Waals surface area contributed by atoms with Crippen LogP contribution in [0.1, 0.15) is 40.0 Å². The monoisotopic (exact) mass is 374 g/mol. The summed E-state index contributed by atoms with van der Waals surface area (Å²) in [4.78, 5) is 0. The molecule has 2 aromatic carbocycles. The smallest absolute Gasteiger partial charge is 0.261 e. The van der Waals surface area contributed by atoms with Gasteiger partial charge >= 0.3 is 0 Å². The SMILES string of the molecule is CC(C)(C)[C@H]1CC[C@@H](OP(=O)(c2ccccc2)c2ccccc2)[C@H](F)C1. The minimum atomic E-state index is -3.33. The number of rotatable bonds is 4. The minimum absolute atomic E-state index is 0.0812. The number of hydrogen-bond donors (Lipinski definition) is 0. The lowest BCUT2D eigenvalue weighted by Crippen LogP contribution is -2.38. The van der Waals surface area contributed by atoms with E-state index >= 15 is 0 Å². The van der Waals surface area contributed by atoms with Crippen LogP contribution in [0.4, 0.5) is 4.39 Å². The number of hydrogen-bond acceptors (Lipinski definition) is 2. The molecule has 0 amide bonds. The fourth-order valence-electron chi connectivity index (χ4n) is 3.70. The molecule has 1 saturated carbocycles. The molecule has 0 heterocycles. The molecule has 0 bridgehead atoms. The first kappa shape index (κ1) is 19.3. The van der Waals surface area contributed by atoms with E-state index in [1.807, 2.05) is 60.7 Å². The maximum Gasteiger partial charge on any atom is 0.261 e. The van der Waals surface area contributed by atoms with Crippen molar-refractivity contribution >= 4 is 18.0 Å². The Morgan fingerprint density at radius 3 is 1.85 bits per heavy atom. The van der Waals surface area contributed by atoms with E-state index in [2.05, 4.69) is 20.8 Å². The van der Waals surface area contributed by atoms with Crippen molar-refractivity contribution < 1.29 is 13.5 Å². The summed E-state index contributed by atoms with van der Waals surface area (Å²) < 4.78 is 35.0. The van der Waals surface area contributed by atoms with Gasteiger partial charge in [0.05, 0.1) is 6.10 Å². The van der Waals surface area contributed by atoms with Crippen LogP contribution in [0.25, 0.3) is 0 Å². The summed E-state index contributed by atoms with van der Waals surface area (Å²) in [5, 5.41) is 1.24. The highest BCUT2D eigenvalue weighted by molar-refractivity contribution is 7.74. The van der Waals surface area contributed by atoms with Crippen LogP contribution in [0.15, 0.2) is 60.7 Å². The van der Waals surface area contributed by atoms with Gasteiger partial charge in [-0.2, -0.15) is 0 Å². The third kappa shape index (κ3) is 4.10.